The average molecular weight is 361 g/mol. The Morgan fingerprint density at radius 3 is 2.00 bits per heavy atom. The fraction of sp³-hybridized carbons (Fsp3) is 0.562. The lowest BCUT2D eigenvalue weighted by Crippen LogP contribution is -2.46. The number of hydrogen-bond donors (Lipinski definition) is 0. The van der Waals surface area contributed by atoms with E-state index >= 15 is 0 Å². The minimum atomic E-state index is -4.56. The van der Waals surface area contributed by atoms with E-state index in [1.54, 1.807) is 6.07 Å². The predicted molar refractivity (Wildman–Crippen MR) is 85.3 cm³/mol. The summed E-state index contributed by atoms with van der Waals surface area (Å²) in [7, 11) is -2.97. The van der Waals surface area contributed by atoms with E-state index in [2.05, 4.69) is 0 Å². The van der Waals surface area contributed by atoms with Crippen LogP contribution in [0.5, 0.6) is 0 Å². The van der Waals surface area contributed by atoms with Gasteiger partial charge in [-0.1, -0.05) is 12.1 Å². The minimum Gasteiger partial charge on any atom is -0.374 e. The highest BCUT2D eigenvalue weighted by Crippen LogP contribution is 2.34. The highest BCUT2D eigenvalue weighted by Gasteiger charge is 2.40. The van der Waals surface area contributed by atoms with Crippen molar-refractivity contribution in [3.05, 3.63) is 34.9 Å². The predicted octanol–water partition coefficient (Wildman–Crippen LogP) is 4.17. The fourth-order valence-corrected chi connectivity index (χ4v) is 5.04. The third-order valence-electron chi connectivity index (χ3n) is 3.36. The van der Waals surface area contributed by atoms with Crippen molar-refractivity contribution in [2.75, 3.05) is 19.8 Å². The molecule has 1 rings (SSSR count). The maximum Gasteiger partial charge on any atom is 0.501 e. The largest absolute Gasteiger partial charge is 0.501 e. The molecule has 0 heterocycles. The molecular weight excluding hydrogens is 339 g/mol. The van der Waals surface area contributed by atoms with E-state index in [0.717, 1.165) is 6.07 Å². The molecule has 0 aromatic heterocycles. The molecule has 0 aliphatic rings. The highest BCUT2D eigenvalue weighted by atomic mass is 28.4. The van der Waals surface area contributed by atoms with Gasteiger partial charge in [0, 0.05) is 25.9 Å². The fourth-order valence-electron chi connectivity index (χ4n) is 2.47. The van der Waals surface area contributed by atoms with Crippen molar-refractivity contribution >= 4 is 8.80 Å². The maximum absolute atomic E-state index is 13.0. The molecule has 0 spiro atoms. The van der Waals surface area contributed by atoms with Gasteiger partial charge in [0.05, 0.1) is 11.1 Å². The Labute approximate surface area is 141 Å². The summed E-state index contributed by atoms with van der Waals surface area (Å²) in [4.78, 5) is 0. The van der Waals surface area contributed by atoms with E-state index in [4.69, 9.17) is 18.5 Å². The van der Waals surface area contributed by atoms with Gasteiger partial charge in [-0.05, 0) is 38.8 Å². The minimum absolute atomic E-state index is 0.221. The Bertz CT molecular complexity index is 556. The lowest BCUT2D eigenvalue weighted by Gasteiger charge is -2.28. The van der Waals surface area contributed by atoms with Crippen molar-refractivity contribution in [3.63, 3.8) is 0 Å². The smallest absolute Gasteiger partial charge is 0.374 e. The molecule has 0 bridgehead atoms. The monoisotopic (exact) mass is 361 g/mol. The van der Waals surface area contributed by atoms with Crippen LogP contribution in [0.4, 0.5) is 13.2 Å². The number of hydrogen-bond acceptors (Lipinski definition) is 4. The number of benzene rings is 1. The molecule has 0 N–H and O–H groups in total. The van der Waals surface area contributed by atoms with Crippen LogP contribution in [0.15, 0.2) is 18.2 Å². The first-order chi connectivity index (χ1) is 11.3. The summed E-state index contributed by atoms with van der Waals surface area (Å²) in [5, 5.41) is 9.17. The van der Waals surface area contributed by atoms with Gasteiger partial charge in [0.15, 0.2) is 0 Å². The quantitative estimate of drug-likeness (QED) is 0.620. The van der Waals surface area contributed by atoms with Crippen LogP contribution in [0.2, 0.25) is 6.04 Å². The summed E-state index contributed by atoms with van der Waals surface area (Å²) in [5.41, 5.74) is -0.945. The average Bonchev–Trinajstić information content (AvgIpc) is 2.52. The second kappa shape index (κ2) is 9.18. The standard InChI is InChI=1S/C16H22F3NO3Si/c1-4-21-24(22-5-2,23-6-3)11-10-13-8-7-9-15(14(13)12-20)16(17,18)19/h7-9H,4-6,10-11H2,1-3H3. The van der Waals surface area contributed by atoms with E-state index in [-0.39, 0.29) is 12.0 Å². The van der Waals surface area contributed by atoms with Crippen LogP contribution in [-0.4, -0.2) is 28.6 Å². The maximum atomic E-state index is 13.0. The van der Waals surface area contributed by atoms with Gasteiger partial charge in [0.1, 0.15) is 6.07 Å². The molecule has 0 radical (unpaired) electrons. The molecule has 8 heteroatoms. The van der Waals surface area contributed by atoms with Gasteiger partial charge in [0.25, 0.3) is 0 Å². The molecule has 4 nitrogen and oxygen atoms in total. The summed E-state index contributed by atoms with van der Waals surface area (Å²) in [6.07, 6.45) is -4.34. The summed E-state index contributed by atoms with van der Waals surface area (Å²) in [6, 6.07) is 5.75. The molecule has 0 unspecified atom stereocenters. The normalized spacial score (nSPS) is 12.2. The molecule has 0 amide bonds. The first-order valence-corrected chi connectivity index (χ1v) is 9.77. The van der Waals surface area contributed by atoms with Crippen LogP contribution in [0.3, 0.4) is 0 Å². The van der Waals surface area contributed by atoms with Crippen LogP contribution in [0.1, 0.15) is 37.5 Å². The van der Waals surface area contributed by atoms with E-state index in [9.17, 15) is 13.2 Å². The number of halogens is 3. The van der Waals surface area contributed by atoms with E-state index in [1.807, 2.05) is 20.8 Å². The zero-order valence-electron chi connectivity index (χ0n) is 14.1. The van der Waals surface area contributed by atoms with Gasteiger partial charge in [-0.15, -0.1) is 0 Å². The number of alkyl halides is 3. The van der Waals surface area contributed by atoms with Crippen molar-refractivity contribution in [1.82, 2.24) is 0 Å². The van der Waals surface area contributed by atoms with Crippen LogP contribution in [-0.2, 0) is 25.9 Å². The third-order valence-corrected chi connectivity index (χ3v) is 6.41. The number of aryl methyl sites for hydroxylation is 1. The molecule has 0 atom stereocenters. The Morgan fingerprint density at radius 1 is 1.04 bits per heavy atom. The summed E-state index contributed by atoms with van der Waals surface area (Å²) < 4.78 is 56.2. The molecule has 0 aliphatic heterocycles. The van der Waals surface area contributed by atoms with Crippen LogP contribution in [0.25, 0.3) is 0 Å². The molecule has 0 saturated carbocycles. The van der Waals surface area contributed by atoms with Gasteiger partial charge >= 0.3 is 15.0 Å². The first kappa shape index (κ1) is 20.6. The summed E-state index contributed by atoms with van der Waals surface area (Å²) in [6.45, 7) is 6.60. The van der Waals surface area contributed by atoms with Crippen LogP contribution < -0.4 is 0 Å². The Balaban J connectivity index is 3.09. The second-order valence-corrected chi connectivity index (χ2v) is 7.66. The van der Waals surface area contributed by atoms with Crippen molar-refractivity contribution in [3.8, 4) is 6.07 Å². The van der Waals surface area contributed by atoms with Gasteiger partial charge in [-0.2, -0.15) is 18.4 Å². The van der Waals surface area contributed by atoms with Crippen molar-refractivity contribution in [2.24, 2.45) is 0 Å². The first-order valence-electron chi connectivity index (χ1n) is 7.84. The van der Waals surface area contributed by atoms with Gasteiger partial charge in [0.2, 0.25) is 0 Å². The molecule has 0 fully saturated rings. The summed E-state index contributed by atoms with van der Waals surface area (Å²) >= 11 is 0. The topological polar surface area (TPSA) is 51.5 Å². The number of nitriles is 1. The number of rotatable bonds is 9. The van der Waals surface area contributed by atoms with Crippen molar-refractivity contribution in [2.45, 2.75) is 39.4 Å². The van der Waals surface area contributed by atoms with Crippen molar-refractivity contribution in [1.29, 1.82) is 5.26 Å². The Morgan fingerprint density at radius 2 is 1.58 bits per heavy atom. The second-order valence-electron chi connectivity index (χ2n) is 4.93. The molecule has 24 heavy (non-hydrogen) atoms. The number of nitrogens with zero attached hydrogens (tertiary/aromatic N) is 1. The lowest BCUT2D eigenvalue weighted by atomic mass is 10.00. The lowest BCUT2D eigenvalue weighted by molar-refractivity contribution is -0.137. The zero-order valence-corrected chi connectivity index (χ0v) is 15.1. The van der Waals surface area contributed by atoms with Crippen LogP contribution >= 0.6 is 0 Å². The zero-order chi connectivity index (χ0) is 18.2. The van der Waals surface area contributed by atoms with E-state index in [1.165, 1.54) is 12.1 Å². The molecule has 1 aromatic rings. The van der Waals surface area contributed by atoms with E-state index < -0.39 is 20.5 Å². The van der Waals surface area contributed by atoms with Gasteiger partial charge in [-0.25, -0.2) is 0 Å². The molecule has 134 valence electrons. The SMILES string of the molecule is CCO[Si](CCc1cccc(C(F)(F)F)c1C#N)(OCC)OCC. The Hall–Kier alpha value is -1.40. The van der Waals surface area contributed by atoms with E-state index in [0.29, 0.717) is 31.4 Å². The molecule has 1 aromatic carbocycles. The van der Waals surface area contributed by atoms with Gasteiger partial charge in [-0.3, -0.25) is 0 Å². The van der Waals surface area contributed by atoms with Crippen molar-refractivity contribution < 1.29 is 26.4 Å². The summed E-state index contributed by atoms with van der Waals surface area (Å²) in [5.74, 6) is 0. The Kier molecular flexibility index (Phi) is 7.89. The molecule has 0 saturated heterocycles. The van der Waals surface area contributed by atoms with Gasteiger partial charge < -0.3 is 13.3 Å². The third kappa shape index (κ3) is 5.31. The molecular formula is C16H22F3NO3Si. The highest BCUT2D eigenvalue weighted by molar-refractivity contribution is 6.60. The van der Waals surface area contributed by atoms with Crippen LogP contribution in [0, 0.1) is 11.3 Å². The molecule has 0 aliphatic carbocycles.